The number of amides is 1. The number of cyclic esters (lactones) is 1. The number of esters is 1. The molecule has 1 aliphatic rings. The molecule has 0 saturated heterocycles. The number of ether oxygens (including phenoxy) is 1. The second-order valence-electron chi connectivity index (χ2n) is 5.39. The largest absolute Gasteiger partial charge is 0.448 e. The Labute approximate surface area is 159 Å². The highest BCUT2D eigenvalue weighted by Gasteiger charge is 2.31. The second kappa shape index (κ2) is 6.70. The summed E-state index contributed by atoms with van der Waals surface area (Å²) in [6.45, 7) is 0. The van der Waals surface area contributed by atoms with E-state index >= 15 is 0 Å². The molecule has 1 aromatic carbocycles. The van der Waals surface area contributed by atoms with E-state index < -0.39 is 12.1 Å². The van der Waals surface area contributed by atoms with Gasteiger partial charge in [-0.2, -0.15) is 0 Å². The monoisotopic (exact) mass is 434 g/mol. The molecule has 1 amide bonds. The van der Waals surface area contributed by atoms with Crippen LogP contribution in [0.2, 0.25) is 0 Å². The summed E-state index contributed by atoms with van der Waals surface area (Å²) in [5.74, 6) is -0.832. The molecule has 1 aliphatic heterocycles. The van der Waals surface area contributed by atoms with Gasteiger partial charge in [-0.3, -0.25) is 10.1 Å². The molecule has 8 heteroatoms. The van der Waals surface area contributed by atoms with Crippen molar-refractivity contribution in [1.82, 2.24) is 4.98 Å². The van der Waals surface area contributed by atoms with Crippen molar-refractivity contribution in [1.29, 1.82) is 0 Å². The van der Waals surface area contributed by atoms with Crippen LogP contribution in [0.25, 0.3) is 10.6 Å². The number of fused-ring (bicyclic) bond motifs is 1. The van der Waals surface area contributed by atoms with Crippen molar-refractivity contribution in [2.75, 3.05) is 5.32 Å². The molecule has 1 N–H and O–H groups in total. The van der Waals surface area contributed by atoms with Crippen LogP contribution in [-0.2, 0) is 16.0 Å². The first-order chi connectivity index (χ1) is 12.1. The van der Waals surface area contributed by atoms with Crippen molar-refractivity contribution >= 4 is 55.6 Å². The van der Waals surface area contributed by atoms with Crippen LogP contribution in [0.3, 0.4) is 0 Å². The van der Waals surface area contributed by atoms with Crippen LogP contribution in [0, 0.1) is 0 Å². The van der Waals surface area contributed by atoms with Gasteiger partial charge in [-0.15, -0.1) is 22.7 Å². The molecule has 126 valence electrons. The zero-order valence-electron chi connectivity index (χ0n) is 12.7. The van der Waals surface area contributed by atoms with Gasteiger partial charge in [0.1, 0.15) is 0 Å². The Morgan fingerprint density at radius 3 is 2.92 bits per heavy atom. The van der Waals surface area contributed by atoms with Gasteiger partial charge in [0.05, 0.1) is 19.9 Å². The smallest absolute Gasteiger partial charge is 0.339 e. The minimum absolute atomic E-state index is 0.365. The lowest BCUT2D eigenvalue weighted by atomic mass is 9.98. The van der Waals surface area contributed by atoms with Crippen LogP contribution < -0.4 is 5.32 Å². The minimum Gasteiger partial charge on any atom is -0.448 e. The molecule has 0 aliphatic carbocycles. The quantitative estimate of drug-likeness (QED) is 0.621. The van der Waals surface area contributed by atoms with Crippen molar-refractivity contribution in [2.24, 2.45) is 0 Å². The third-order valence-corrected chi connectivity index (χ3v) is 6.15. The van der Waals surface area contributed by atoms with E-state index in [1.807, 2.05) is 29.6 Å². The summed E-state index contributed by atoms with van der Waals surface area (Å²) in [6, 6.07) is 11.1. The van der Waals surface area contributed by atoms with Gasteiger partial charge in [0.2, 0.25) is 0 Å². The molecule has 1 atom stereocenters. The van der Waals surface area contributed by atoms with Gasteiger partial charge in [0, 0.05) is 11.8 Å². The average molecular weight is 435 g/mol. The maximum Gasteiger partial charge on any atom is 0.339 e. The highest BCUT2D eigenvalue weighted by atomic mass is 79.9. The van der Waals surface area contributed by atoms with Crippen molar-refractivity contribution in [3.63, 3.8) is 0 Å². The van der Waals surface area contributed by atoms with Crippen LogP contribution in [0.5, 0.6) is 0 Å². The Hall–Kier alpha value is -2.03. The van der Waals surface area contributed by atoms with Crippen molar-refractivity contribution in [3.05, 3.63) is 56.7 Å². The number of benzene rings is 1. The first-order valence-electron chi connectivity index (χ1n) is 7.41. The lowest BCUT2D eigenvalue weighted by Gasteiger charge is -2.23. The van der Waals surface area contributed by atoms with Crippen LogP contribution in [-0.4, -0.2) is 23.0 Å². The third kappa shape index (κ3) is 3.37. The summed E-state index contributed by atoms with van der Waals surface area (Å²) in [5, 5.41) is 5.11. The lowest BCUT2D eigenvalue weighted by molar-refractivity contribution is -0.125. The Morgan fingerprint density at radius 2 is 2.12 bits per heavy atom. The van der Waals surface area contributed by atoms with Gasteiger partial charge in [-0.25, -0.2) is 9.78 Å². The predicted molar refractivity (Wildman–Crippen MR) is 101 cm³/mol. The van der Waals surface area contributed by atoms with Crippen LogP contribution in [0.15, 0.2) is 45.6 Å². The number of nitrogens with zero attached hydrogens (tertiary/aromatic N) is 1. The number of hydrogen-bond donors (Lipinski definition) is 1. The fourth-order valence-corrected chi connectivity index (χ4v) is 4.69. The molecule has 3 aromatic rings. The number of thiazole rings is 1. The molecule has 0 radical (unpaired) electrons. The Bertz CT molecular complexity index is 966. The van der Waals surface area contributed by atoms with Crippen molar-refractivity contribution in [3.8, 4) is 10.6 Å². The number of nitrogens with one attached hydrogen (secondary N) is 1. The second-order valence-corrected chi connectivity index (χ2v) is 8.71. The first kappa shape index (κ1) is 16.4. The normalized spacial score (nSPS) is 16.2. The number of thiophene rings is 1. The van der Waals surface area contributed by atoms with E-state index in [9.17, 15) is 9.59 Å². The topological polar surface area (TPSA) is 68.3 Å². The number of aromatic nitrogens is 1. The molecule has 0 spiro atoms. The fourth-order valence-electron chi connectivity index (χ4n) is 2.56. The van der Waals surface area contributed by atoms with Gasteiger partial charge in [-0.05, 0) is 39.7 Å². The SMILES string of the molecule is O=C1O[C@H](C(=O)Nc2nc(-c3ccc(Br)s3)cs2)Cc2ccccc21. The maximum atomic E-state index is 12.4. The third-order valence-electron chi connectivity index (χ3n) is 3.74. The number of rotatable bonds is 3. The Kier molecular flexibility index (Phi) is 4.41. The molecular weight excluding hydrogens is 424 g/mol. The van der Waals surface area contributed by atoms with Crippen molar-refractivity contribution in [2.45, 2.75) is 12.5 Å². The summed E-state index contributed by atoms with van der Waals surface area (Å²) >= 11 is 6.34. The van der Waals surface area contributed by atoms with E-state index in [0.29, 0.717) is 17.1 Å². The highest BCUT2D eigenvalue weighted by Crippen LogP contribution is 2.33. The molecule has 5 nitrogen and oxygen atoms in total. The van der Waals surface area contributed by atoms with Crippen LogP contribution in [0.4, 0.5) is 5.13 Å². The molecule has 3 heterocycles. The molecular formula is C17H11BrN2O3S2. The minimum atomic E-state index is -0.842. The van der Waals surface area contributed by atoms with Gasteiger partial charge < -0.3 is 4.74 Å². The number of carbonyl (C=O) groups is 2. The van der Waals surface area contributed by atoms with E-state index in [1.54, 1.807) is 23.5 Å². The number of carbonyl (C=O) groups excluding carboxylic acids is 2. The zero-order chi connectivity index (χ0) is 17.4. The van der Waals surface area contributed by atoms with Gasteiger partial charge >= 0.3 is 5.97 Å². The standard InChI is InChI=1S/C17H11BrN2O3S2/c18-14-6-5-13(25-14)11-8-24-17(19-11)20-15(21)12-7-9-3-1-2-4-10(9)16(22)23-12/h1-6,8,12H,7H2,(H,19,20,21)/t12-/m0/s1. The van der Waals surface area contributed by atoms with Gasteiger partial charge in [0.25, 0.3) is 5.91 Å². The van der Waals surface area contributed by atoms with E-state index in [0.717, 1.165) is 19.9 Å². The fraction of sp³-hybridized carbons (Fsp3) is 0.118. The number of halogens is 1. The maximum absolute atomic E-state index is 12.4. The highest BCUT2D eigenvalue weighted by molar-refractivity contribution is 9.11. The van der Waals surface area contributed by atoms with Gasteiger partial charge in [-0.1, -0.05) is 18.2 Å². The molecule has 0 bridgehead atoms. The Morgan fingerprint density at radius 1 is 1.28 bits per heavy atom. The summed E-state index contributed by atoms with van der Waals surface area (Å²) in [6.07, 6.45) is -0.477. The van der Waals surface area contributed by atoms with Crippen LogP contribution >= 0.6 is 38.6 Å². The van der Waals surface area contributed by atoms with E-state index in [1.165, 1.54) is 11.3 Å². The Balaban J connectivity index is 1.48. The van der Waals surface area contributed by atoms with Crippen LogP contribution in [0.1, 0.15) is 15.9 Å². The number of hydrogen-bond acceptors (Lipinski definition) is 6. The van der Waals surface area contributed by atoms with Gasteiger partial charge in [0.15, 0.2) is 11.2 Å². The van der Waals surface area contributed by atoms with Crippen molar-refractivity contribution < 1.29 is 14.3 Å². The molecule has 25 heavy (non-hydrogen) atoms. The number of anilines is 1. The molecule has 0 fully saturated rings. The van der Waals surface area contributed by atoms with E-state index in [-0.39, 0.29) is 5.91 Å². The summed E-state index contributed by atoms with van der Waals surface area (Å²) < 4.78 is 6.29. The zero-order valence-corrected chi connectivity index (χ0v) is 15.9. The van der Waals surface area contributed by atoms with E-state index in [4.69, 9.17) is 4.74 Å². The molecule has 4 rings (SSSR count). The predicted octanol–water partition coefficient (Wildman–Crippen LogP) is 4.35. The summed E-state index contributed by atoms with van der Waals surface area (Å²) in [5.41, 5.74) is 2.15. The lowest BCUT2D eigenvalue weighted by Crippen LogP contribution is -2.37. The summed E-state index contributed by atoms with van der Waals surface area (Å²) in [7, 11) is 0. The average Bonchev–Trinajstić information content (AvgIpc) is 3.23. The molecule has 0 unspecified atom stereocenters. The molecule has 0 saturated carbocycles. The first-order valence-corrected chi connectivity index (χ1v) is 9.90. The molecule has 2 aromatic heterocycles. The van der Waals surface area contributed by atoms with E-state index in [2.05, 4.69) is 26.2 Å². The summed E-state index contributed by atoms with van der Waals surface area (Å²) in [4.78, 5) is 29.9.